The number of halogens is 4. The molecule has 148 valence electrons. The van der Waals surface area contributed by atoms with Gasteiger partial charge in [0.1, 0.15) is 16.4 Å². The maximum atomic E-state index is 14.4. The summed E-state index contributed by atoms with van der Waals surface area (Å²) in [7, 11) is 0. The smallest absolute Gasteiger partial charge is 0.356 e. The summed E-state index contributed by atoms with van der Waals surface area (Å²) in [5, 5.41) is 16.0. The highest BCUT2D eigenvalue weighted by atomic mass is 32.1. The van der Waals surface area contributed by atoms with Crippen molar-refractivity contribution in [3.8, 4) is 0 Å². The van der Waals surface area contributed by atoms with Crippen LogP contribution in [0.25, 0.3) is 0 Å². The van der Waals surface area contributed by atoms with Crippen LogP contribution in [-0.4, -0.2) is 27.4 Å². The Morgan fingerprint density at radius 2 is 2.04 bits per heavy atom. The Bertz CT molecular complexity index is 949. The molecule has 3 N–H and O–H groups in total. The third kappa shape index (κ3) is 4.71. The fourth-order valence-corrected chi connectivity index (χ4v) is 2.92. The Kier molecular flexibility index (Phi) is 5.45. The molecule has 0 radical (unpaired) electrons. The lowest BCUT2D eigenvalue weighted by atomic mass is 10.2. The van der Waals surface area contributed by atoms with E-state index in [2.05, 4.69) is 20.2 Å². The molecular formula is C17H15F4N5OS. The maximum Gasteiger partial charge on any atom is 0.432 e. The zero-order valence-electron chi connectivity index (χ0n) is 14.5. The molecule has 0 aliphatic heterocycles. The zero-order valence-corrected chi connectivity index (χ0v) is 15.3. The standard InChI is InChI=1S/C17H15F4N5OS/c1-8-15(28-26-25-8)16(27)23-10-4-5-12(11(18)6-10)24-13(9-2-3-9)7-14(22)17(19,20)21/h4-7,9,22,24H,2-3H2,1H3,(H,23,27)/b13-7-,22-14?. The van der Waals surface area contributed by atoms with E-state index in [9.17, 15) is 22.4 Å². The molecule has 6 nitrogen and oxygen atoms in total. The number of rotatable bonds is 6. The highest BCUT2D eigenvalue weighted by Gasteiger charge is 2.35. The number of hydrogen-bond donors (Lipinski definition) is 3. The predicted molar refractivity (Wildman–Crippen MR) is 97.2 cm³/mol. The molecule has 0 spiro atoms. The van der Waals surface area contributed by atoms with Crippen molar-refractivity contribution in [2.75, 3.05) is 10.6 Å². The number of alkyl halides is 3. The minimum Gasteiger partial charge on any atom is -0.356 e. The molecule has 1 aliphatic carbocycles. The van der Waals surface area contributed by atoms with Gasteiger partial charge >= 0.3 is 6.18 Å². The van der Waals surface area contributed by atoms with E-state index in [4.69, 9.17) is 5.41 Å². The molecule has 1 saturated carbocycles. The Balaban J connectivity index is 1.75. The molecule has 0 bridgehead atoms. The summed E-state index contributed by atoms with van der Waals surface area (Å²) in [6, 6.07) is 3.80. The molecule has 0 unspecified atom stereocenters. The van der Waals surface area contributed by atoms with Crippen LogP contribution in [0.1, 0.15) is 28.2 Å². The van der Waals surface area contributed by atoms with Gasteiger partial charge in [0.05, 0.1) is 11.4 Å². The van der Waals surface area contributed by atoms with Gasteiger partial charge in [-0.3, -0.25) is 10.2 Å². The van der Waals surface area contributed by atoms with Crippen LogP contribution >= 0.6 is 11.5 Å². The zero-order chi connectivity index (χ0) is 20.5. The van der Waals surface area contributed by atoms with Crippen molar-refractivity contribution in [2.24, 2.45) is 5.92 Å². The Hall–Kier alpha value is -2.82. The summed E-state index contributed by atoms with van der Waals surface area (Å²) in [5.74, 6) is -1.39. The van der Waals surface area contributed by atoms with E-state index in [1.54, 1.807) is 6.92 Å². The van der Waals surface area contributed by atoms with Gasteiger partial charge in [-0.2, -0.15) is 13.2 Å². The van der Waals surface area contributed by atoms with Crippen molar-refractivity contribution in [2.45, 2.75) is 25.9 Å². The second kappa shape index (κ2) is 7.66. The molecule has 3 rings (SSSR count). The number of benzene rings is 1. The fraction of sp³-hybridized carbons (Fsp3) is 0.294. The number of aryl methyl sites for hydroxylation is 1. The van der Waals surface area contributed by atoms with Gasteiger partial charge in [0.25, 0.3) is 5.91 Å². The van der Waals surface area contributed by atoms with Crippen LogP contribution in [-0.2, 0) is 0 Å². The molecule has 0 saturated heterocycles. The van der Waals surface area contributed by atoms with Crippen molar-refractivity contribution in [3.63, 3.8) is 0 Å². The van der Waals surface area contributed by atoms with Crippen molar-refractivity contribution in [1.82, 2.24) is 9.59 Å². The molecular weight excluding hydrogens is 398 g/mol. The number of amides is 1. The van der Waals surface area contributed by atoms with Crippen LogP contribution in [0.15, 0.2) is 30.0 Å². The Morgan fingerprint density at radius 3 is 2.57 bits per heavy atom. The molecule has 1 aromatic carbocycles. The van der Waals surface area contributed by atoms with E-state index >= 15 is 0 Å². The minimum atomic E-state index is -4.77. The minimum absolute atomic E-state index is 0.0400. The molecule has 1 heterocycles. The largest absolute Gasteiger partial charge is 0.432 e. The first-order chi connectivity index (χ1) is 13.1. The van der Waals surface area contributed by atoms with Crippen molar-refractivity contribution in [3.05, 3.63) is 46.4 Å². The van der Waals surface area contributed by atoms with Crippen LogP contribution in [0, 0.1) is 24.1 Å². The number of allylic oxidation sites excluding steroid dienone is 2. The van der Waals surface area contributed by atoms with Crippen LogP contribution < -0.4 is 10.6 Å². The molecule has 1 fully saturated rings. The number of hydrogen-bond acceptors (Lipinski definition) is 6. The second-order valence-electron chi connectivity index (χ2n) is 6.25. The molecule has 1 aliphatic rings. The van der Waals surface area contributed by atoms with Gasteiger partial charge in [0.15, 0.2) is 0 Å². The SMILES string of the molecule is Cc1nnsc1C(=O)Nc1ccc(N/C(=C\C(=N)C(F)(F)F)C2CC2)c(F)c1. The van der Waals surface area contributed by atoms with Crippen LogP contribution in [0.4, 0.5) is 28.9 Å². The lowest BCUT2D eigenvalue weighted by Crippen LogP contribution is -2.21. The third-order valence-electron chi connectivity index (χ3n) is 3.99. The normalized spacial score (nSPS) is 14.7. The number of aromatic nitrogens is 2. The highest BCUT2D eigenvalue weighted by molar-refractivity contribution is 7.08. The van der Waals surface area contributed by atoms with Crippen LogP contribution in [0.2, 0.25) is 0 Å². The number of carbonyl (C=O) groups excluding carboxylic acids is 1. The van der Waals surface area contributed by atoms with Gasteiger partial charge in [0.2, 0.25) is 0 Å². The fourth-order valence-electron chi connectivity index (χ4n) is 2.36. The van der Waals surface area contributed by atoms with E-state index in [0.717, 1.165) is 17.6 Å². The summed E-state index contributed by atoms with van der Waals surface area (Å²) in [4.78, 5) is 12.4. The summed E-state index contributed by atoms with van der Waals surface area (Å²) in [5.41, 5.74) is -0.765. The molecule has 1 amide bonds. The average Bonchev–Trinajstić information content (AvgIpc) is 3.36. The molecule has 1 aromatic heterocycles. The first-order valence-corrected chi connectivity index (χ1v) is 8.96. The van der Waals surface area contributed by atoms with E-state index in [-0.39, 0.29) is 23.0 Å². The van der Waals surface area contributed by atoms with Crippen LogP contribution in [0.3, 0.4) is 0 Å². The van der Waals surface area contributed by atoms with Crippen molar-refractivity contribution < 1.29 is 22.4 Å². The summed E-state index contributed by atoms with van der Waals surface area (Å²) in [6.07, 6.45) is -2.74. The predicted octanol–water partition coefficient (Wildman–Crippen LogP) is 4.53. The summed E-state index contributed by atoms with van der Waals surface area (Å²) < 4.78 is 55.9. The van der Waals surface area contributed by atoms with Gasteiger partial charge in [-0.1, -0.05) is 4.49 Å². The number of anilines is 2. The van der Waals surface area contributed by atoms with Crippen LogP contribution in [0.5, 0.6) is 0 Å². The maximum absolute atomic E-state index is 14.4. The molecule has 11 heteroatoms. The van der Waals surface area contributed by atoms with Gasteiger partial charge in [-0.05, 0) is 61.5 Å². The quantitative estimate of drug-likeness (QED) is 0.480. The molecule has 2 aromatic rings. The van der Waals surface area contributed by atoms with Crippen molar-refractivity contribution >= 4 is 34.5 Å². The lowest BCUT2D eigenvalue weighted by Gasteiger charge is -2.14. The van der Waals surface area contributed by atoms with E-state index < -0.39 is 23.6 Å². The van der Waals surface area contributed by atoms with E-state index in [1.807, 2.05) is 0 Å². The van der Waals surface area contributed by atoms with Crippen molar-refractivity contribution in [1.29, 1.82) is 5.41 Å². The topological polar surface area (TPSA) is 90.8 Å². The lowest BCUT2D eigenvalue weighted by molar-refractivity contribution is -0.0584. The summed E-state index contributed by atoms with van der Waals surface area (Å²) >= 11 is 0.912. The highest BCUT2D eigenvalue weighted by Crippen LogP contribution is 2.38. The van der Waals surface area contributed by atoms with Gasteiger partial charge in [-0.15, -0.1) is 5.10 Å². The Labute approximate surface area is 161 Å². The number of nitrogens with zero attached hydrogens (tertiary/aromatic N) is 2. The first kappa shape index (κ1) is 19.9. The number of carbonyl (C=O) groups is 1. The number of nitrogens with one attached hydrogen (secondary N) is 3. The summed E-state index contributed by atoms with van der Waals surface area (Å²) in [6.45, 7) is 1.62. The van der Waals surface area contributed by atoms with Gasteiger partial charge in [-0.25, -0.2) is 4.39 Å². The molecule has 28 heavy (non-hydrogen) atoms. The van der Waals surface area contributed by atoms with Gasteiger partial charge < -0.3 is 10.6 Å². The average molecular weight is 413 g/mol. The molecule has 0 atom stereocenters. The Morgan fingerprint density at radius 1 is 1.32 bits per heavy atom. The first-order valence-electron chi connectivity index (χ1n) is 8.19. The van der Waals surface area contributed by atoms with E-state index in [0.29, 0.717) is 29.5 Å². The third-order valence-corrected chi connectivity index (χ3v) is 4.81. The second-order valence-corrected chi connectivity index (χ2v) is 7.00. The van der Waals surface area contributed by atoms with E-state index in [1.165, 1.54) is 12.1 Å². The monoisotopic (exact) mass is 413 g/mol. The van der Waals surface area contributed by atoms with Gasteiger partial charge in [0, 0.05) is 11.4 Å².